The Bertz CT molecular complexity index is 396. The third-order valence-corrected chi connectivity index (χ3v) is 2.82. The molecule has 1 aromatic rings. The maximum atomic E-state index is 12.2. The molecule has 106 valence electrons. The van der Waals surface area contributed by atoms with E-state index in [2.05, 4.69) is 12.2 Å². The Morgan fingerprint density at radius 2 is 2.11 bits per heavy atom. The van der Waals surface area contributed by atoms with E-state index >= 15 is 0 Å². The summed E-state index contributed by atoms with van der Waals surface area (Å²) in [5.41, 5.74) is 6.22. The van der Waals surface area contributed by atoms with Crippen LogP contribution >= 0.6 is 0 Å². The van der Waals surface area contributed by atoms with Crippen LogP contribution in [0.5, 0.6) is 5.75 Å². The van der Waals surface area contributed by atoms with Gasteiger partial charge in [0.25, 0.3) is 0 Å². The van der Waals surface area contributed by atoms with E-state index in [1.54, 1.807) is 12.0 Å². The third kappa shape index (κ3) is 4.79. The number of methoxy groups -OCH3 is 1. The van der Waals surface area contributed by atoms with Gasteiger partial charge in [0.05, 0.1) is 12.8 Å². The first-order valence-electron chi connectivity index (χ1n) is 6.62. The second kappa shape index (κ2) is 8.37. The van der Waals surface area contributed by atoms with Gasteiger partial charge in [-0.25, -0.2) is 4.79 Å². The fraction of sp³-hybridized carbons (Fsp3) is 0.500. The van der Waals surface area contributed by atoms with Crippen LogP contribution in [0.15, 0.2) is 24.3 Å². The Morgan fingerprint density at radius 3 is 2.74 bits per heavy atom. The number of amides is 2. The van der Waals surface area contributed by atoms with Crippen LogP contribution in [0.25, 0.3) is 0 Å². The van der Waals surface area contributed by atoms with Gasteiger partial charge in [0.1, 0.15) is 5.75 Å². The minimum Gasteiger partial charge on any atom is -0.495 e. The number of ether oxygens (including phenoxy) is 1. The lowest BCUT2D eigenvalue weighted by Gasteiger charge is -2.22. The van der Waals surface area contributed by atoms with Gasteiger partial charge in [-0.3, -0.25) is 0 Å². The van der Waals surface area contributed by atoms with Crippen LogP contribution in [0, 0.1) is 0 Å². The normalized spacial score (nSPS) is 10.1. The Morgan fingerprint density at radius 1 is 1.37 bits per heavy atom. The highest BCUT2D eigenvalue weighted by Gasteiger charge is 2.13. The molecule has 0 atom stereocenters. The minimum absolute atomic E-state index is 0.136. The number of para-hydroxylation sites is 2. The van der Waals surface area contributed by atoms with E-state index in [0.717, 1.165) is 12.8 Å². The van der Waals surface area contributed by atoms with Crippen molar-refractivity contribution in [2.75, 3.05) is 32.1 Å². The highest BCUT2D eigenvalue weighted by atomic mass is 16.5. The molecular weight excluding hydrogens is 242 g/mol. The first-order chi connectivity index (χ1) is 9.22. The van der Waals surface area contributed by atoms with Gasteiger partial charge in [0, 0.05) is 19.6 Å². The van der Waals surface area contributed by atoms with Crippen molar-refractivity contribution >= 4 is 11.7 Å². The summed E-state index contributed by atoms with van der Waals surface area (Å²) >= 11 is 0. The van der Waals surface area contributed by atoms with Crippen molar-refractivity contribution in [2.45, 2.75) is 19.8 Å². The number of nitrogens with one attached hydrogen (secondary N) is 1. The highest BCUT2D eigenvalue weighted by Crippen LogP contribution is 2.23. The van der Waals surface area contributed by atoms with Gasteiger partial charge in [0.2, 0.25) is 0 Å². The molecule has 19 heavy (non-hydrogen) atoms. The predicted molar refractivity (Wildman–Crippen MR) is 77.5 cm³/mol. The summed E-state index contributed by atoms with van der Waals surface area (Å²) in [6, 6.07) is 7.22. The van der Waals surface area contributed by atoms with Crippen LogP contribution < -0.4 is 15.8 Å². The first kappa shape index (κ1) is 15.3. The van der Waals surface area contributed by atoms with E-state index in [-0.39, 0.29) is 6.03 Å². The molecule has 0 fully saturated rings. The maximum Gasteiger partial charge on any atom is 0.321 e. The molecule has 5 heteroatoms. The lowest BCUT2D eigenvalue weighted by Crippen LogP contribution is -2.39. The molecule has 0 radical (unpaired) electrons. The van der Waals surface area contributed by atoms with Crippen molar-refractivity contribution < 1.29 is 9.53 Å². The molecule has 1 aromatic carbocycles. The van der Waals surface area contributed by atoms with E-state index in [9.17, 15) is 4.79 Å². The van der Waals surface area contributed by atoms with Crippen LogP contribution in [0.4, 0.5) is 10.5 Å². The lowest BCUT2D eigenvalue weighted by molar-refractivity contribution is 0.212. The zero-order valence-electron chi connectivity index (χ0n) is 11.7. The van der Waals surface area contributed by atoms with Crippen LogP contribution in [-0.4, -0.2) is 37.7 Å². The van der Waals surface area contributed by atoms with E-state index < -0.39 is 0 Å². The third-order valence-electron chi connectivity index (χ3n) is 2.82. The number of rotatable bonds is 7. The summed E-state index contributed by atoms with van der Waals surface area (Å²) in [5.74, 6) is 0.652. The molecule has 0 aliphatic heterocycles. The van der Waals surface area contributed by atoms with Gasteiger partial charge in [0.15, 0.2) is 0 Å². The van der Waals surface area contributed by atoms with Crippen molar-refractivity contribution in [1.29, 1.82) is 0 Å². The second-order valence-corrected chi connectivity index (χ2v) is 4.26. The number of benzene rings is 1. The van der Waals surface area contributed by atoms with Crippen LogP contribution in [0.1, 0.15) is 19.8 Å². The molecule has 1 rings (SSSR count). The molecule has 0 aliphatic rings. The van der Waals surface area contributed by atoms with Gasteiger partial charge in [-0.15, -0.1) is 0 Å². The van der Waals surface area contributed by atoms with E-state index in [4.69, 9.17) is 10.5 Å². The predicted octanol–water partition coefficient (Wildman–Crippen LogP) is 2.29. The number of unbranched alkanes of at least 4 members (excludes halogenated alkanes) is 1. The summed E-state index contributed by atoms with van der Waals surface area (Å²) in [4.78, 5) is 13.9. The number of anilines is 1. The Balaban J connectivity index is 2.69. The summed E-state index contributed by atoms with van der Waals surface area (Å²) in [6.07, 6.45) is 2.02. The number of nitrogens with zero attached hydrogens (tertiary/aromatic N) is 1. The Labute approximate surface area is 114 Å². The SMILES string of the molecule is CCCCN(CCN)C(=O)Nc1ccccc1OC. The maximum absolute atomic E-state index is 12.2. The summed E-state index contributed by atoms with van der Waals surface area (Å²) < 4.78 is 5.21. The molecule has 0 unspecified atom stereocenters. The average molecular weight is 265 g/mol. The van der Waals surface area contributed by atoms with E-state index in [1.165, 1.54) is 0 Å². The number of hydrogen-bond donors (Lipinski definition) is 2. The molecule has 0 spiro atoms. The van der Waals surface area contributed by atoms with Gasteiger partial charge in [-0.05, 0) is 18.6 Å². The van der Waals surface area contributed by atoms with Crippen molar-refractivity contribution in [1.82, 2.24) is 4.90 Å². The van der Waals surface area contributed by atoms with E-state index in [1.807, 2.05) is 24.3 Å². The zero-order chi connectivity index (χ0) is 14.1. The van der Waals surface area contributed by atoms with Crippen LogP contribution in [0.3, 0.4) is 0 Å². The number of carbonyl (C=O) groups is 1. The number of hydrogen-bond acceptors (Lipinski definition) is 3. The fourth-order valence-electron chi connectivity index (χ4n) is 1.76. The molecule has 0 aliphatic carbocycles. The quantitative estimate of drug-likeness (QED) is 0.794. The zero-order valence-corrected chi connectivity index (χ0v) is 11.7. The molecule has 0 aromatic heterocycles. The molecule has 0 heterocycles. The highest BCUT2D eigenvalue weighted by molar-refractivity contribution is 5.90. The monoisotopic (exact) mass is 265 g/mol. The fourth-order valence-corrected chi connectivity index (χ4v) is 1.76. The first-order valence-corrected chi connectivity index (χ1v) is 6.62. The van der Waals surface area contributed by atoms with Crippen molar-refractivity contribution in [3.8, 4) is 5.75 Å². The smallest absolute Gasteiger partial charge is 0.321 e. The second-order valence-electron chi connectivity index (χ2n) is 4.26. The standard InChI is InChI=1S/C14H23N3O2/c1-3-4-10-17(11-9-15)14(18)16-12-7-5-6-8-13(12)19-2/h5-8H,3-4,9-11,15H2,1-2H3,(H,16,18). The van der Waals surface area contributed by atoms with Crippen LogP contribution in [-0.2, 0) is 0 Å². The largest absolute Gasteiger partial charge is 0.495 e. The van der Waals surface area contributed by atoms with Gasteiger partial charge in [-0.1, -0.05) is 25.5 Å². The van der Waals surface area contributed by atoms with Gasteiger partial charge >= 0.3 is 6.03 Å². The van der Waals surface area contributed by atoms with Gasteiger partial charge in [-0.2, -0.15) is 0 Å². The van der Waals surface area contributed by atoms with Crippen LogP contribution in [0.2, 0.25) is 0 Å². The summed E-state index contributed by atoms with van der Waals surface area (Å²) in [6.45, 7) is 3.83. The summed E-state index contributed by atoms with van der Waals surface area (Å²) in [5, 5.41) is 2.86. The van der Waals surface area contributed by atoms with Gasteiger partial charge < -0.3 is 20.7 Å². The topological polar surface area (TPSA) is 67.6 Å². The Kier molecular flexibility index (Phi) is 6.74. The van der Waals surface area contributed by atoms with E-state index in [0.29, 0.717) is 31.1 Å². The average Bonchev–Trinajstić information content (AvgIpc) is 2.44. The molecule has 0 saturated carbocycles. The van der Waals surface area contributed by atoms with Crippen molar-refractivity contribution in [3.63, 3.8) is 0 Å². The molecule has 0 bridgehead atoms. The molecule has 3 N–H and O–H groups in total. The molecule has 0 saturated heterocycles. The Hall–Kier alpha value is -1.75. The number of urea groups is 1. The molecular formula is C14H23N3O2. The lowest BCUT2D eigenvalue weighted by atomic mass is 10.3. The van der Waals surface area contributed by atoms with Crippen molar-refractivity contribution in [2.24, 2.45) is 5.73 Å². The van der Waals surface area contributed by atoms with Crippen molar-refractivity contribution in [3.05, 3.63) is 24.3 Å². The minimum atomic E-state index is -0.136. The molecule has 2 amide bonds. The molecule has 5 nitrogen and oxygen atoms in total. The summed E-state index contributed by atoms with van der Waals surface area (Å²) in [7, 11) is 1.58. The number of nitrogens with two attached hydrogens (primary N) is 1. The number of carbonyl (C=O) groups excluding carboxylic acids is 1.